The monoisotopic (exact) mass is 346 g/mol. The zero-order valence-corrected chi connectivity index (χ0v) is 14.4. The summed E-state index contributed by atoms with van der Waals surface area (Å²) in [6.45, 7) is 2.35. The smallest absolute Gasteiger partial charge is 0.259 e. The number of carbonyl (C=O) groups excluding carboxylic acids is 1. The van der Waals surface area contributed by atoms with Crippen molar-refractivity contribution in [2.24, 2.45) is 0 Å². The molecule has 0 bridgehead atoms. The summed E-state index contributed by atoms with van der Waals surface area (Å²) in [6.07, 6.45) is 4.29. The SMILES string of the molecule is COc1ccc(C(=O)N2CCCO[C@H](Cn3cccn3)C2)c(OC)n1. The highest BCUT2D eigenvalue weighted by molar-refractivity contribution is 5.96. The summed E-state index contributed by atoms with van der Waals surface area (Å²) >= 11 is 0. The number of methoxy groups -OCH3 is 2. The van der Waals surface area contributed by atoms with Crippen molar-refractivity contribution in [3.05, 3.63) is 36.2 Å². The third kappa shape index (κ3) is 4.08. The zero-order chi connectivity index (χ0) is 17.6. The fraction of sp³-hybridized carbons (Fsp3) is 0.471. The van der Waals surface area contributed by atoms with Crippen LogP contribution in [0.4, 0.5) is 0 Å². The number of carbonyl (C=O) groups is 1. The molecule has 0 saturated carbocycles. The predicted octanol–water partition coefficient (Wildman–Crippen LogP) is 1.23. The molecule has 1 aliphatic rings. The topological polar surface area (TPSA) is 78.7 Å². The first-order chi connectivity index (χ1) is 12.2. The van der Waals surface area contributed by atoms with E-state index in [1.165, 1.54) is 14.2 Å². The van der Waals surface area contributed by atoms with Crippen molar-refractivity contribution in [2.75, 3.05) is 33.9 Å². The van der Waals surface area contributed by atoms with Crippen molar-refractivity contribution in [3.8, 4) is 11.8 Å². The highest BCUT2D eigenvalue weighted by Gasteiger charge is 2.26. The van der Waals surface area contributed by atoms with Gasteiger partial charge in [0.1, 0.15) is 5.56 Å². The van der Waals surface area contributed by atoms with E-state index in [0.717, 1.165) is 6.42 Å². The predicted molar refractivity (Wildman–Crippen MR) is 89.8 cm³/mol. The average molecular weight is 346 g/mol. The Kier molecular flexibility index (Phi) is 5.49. The summed E-state index contributed by atoms with van der Waals surface area (Å²) < 4.78 is 18.0. The molecule has 0 spiro atoms. The second kappa shape index (κ2) is 7.98. The number of aromatic nitrogens is 3. The standard InChI is InChI=1S/C17H22N4O4/c1-23-15-6-5-14(16(19-15)24-2)17(22)20-8-4-10-25-13(11-20)12-21-9-3-7-18-21/h3,5-7,9,13H,4,8,10-12H2,1-2H3/t13-/m0/s1. The Labute approximate surface area is 146 Å². The molecule has 8 heteroatoms. The van der Waals surface area contributed by atoms with E-state index in [9.17, 15) is 4.79 Å². The maximum Gasteiger partial charge on any atom is 0.259 e. The molecule has 2 aromatic rings. The van der Waals surface area contributed by atoms with Gasteiger partial charge < -0.3 is 19.1 Å². The van der Waals surface area contributed by atoms with Crippen LogP contribution in [0.1, 0.15) is 16.8 Å². The molecule has 1 amide bonds. The Hall–Kier alpha value is -2.61. The van der Waals surface area contributed by atoms with Crippen LogP contribution in [0, 0.1) is 0 Å². The molecular weight excluding hydrogens is 324 g/mol. The second-order valence-electron chi connectivity index (χ2n) is 5.74. The molecule has 1 aliphatic heterocycles. The molecule has 1 fully saturated rings. The van der Waals surface area contributed by atoms with Gasteiger partial charge in [0.2, 0.25) is 11.8 Å². The number of ether oxygens (including phenoxy) is 3. The molecule has 134 valence electrons. The summed E-state index contributed by atoms with van der Waals surface area (Å²) in [5, 5.41) is 4.20. The fourth-order valence-electron chi connectivity index (χ4n) is 2.83. The molecule has 0 aromatic carbocycles. The van der Waals surface area contributed by atoms with Gasteiger partial charge >= 0.3 is 0 Å². The van der Waals surface area contributed by atoms with Crippen LogP contribution in [-0.4, -0.2) is 65.6 Å². The van der Waals surface area contributed by atoms with Crippen LogP contribution in [0.15, 0.2) is 30.6 Å². The second-order valence-corrected chi connectivity index (χ2v) is 5.74. The molecular formula is C17H22N4O4. The van der Waals surface area contributed by atoms with E-state index < -0.39 is 0 Å². The molecule has 8 nitrogen and oxygen atoms in total. The van der Waals surface area contributed by atoms with Crippen LogP contribution in [0.25, 0.3) is 0 Å². The molecule has 1 atom stereocenters. The molecule has 0 aliphatic carbocycles. The molecule has 1 saturated heterocycles. The summed E-state index contributed by atoms with van der Waals surface area (Å²) in [5.41, 5.74) is 0.419. The van der Waals surface area contributed by atoms with Crippen molar-refractivity contribution in [1.29, 1.82) is 0 Å². The van der Waals surface area contributed by atoms with Gasteiger partial charge in [-0.25, -0.2) is 0 Å². The molecule has 0 radical (unpaired) electrons. The average Bonchev–Trinajstić information content (AvgIpc) is 3.04. The quantitative estimate of drug-likeness (QED) is 0.810. The van der Waals surface area contributed by atoms with Gasteiger partial charge in [0.25, 0.3) is 5.91 Å². The maximum atomic E-state index is 13.0. The number of hydrogen-bond acceptors (Lipinski definition) is 6. The molecule has 2 aromatic heterocycles. The largest absolute Gasteiger partial charge is 0.481 e. The first kappa shape index (κ1) is 17.2. The number of nitrogens with zero attached hydrogens (tertiary/aromatic N) is 4. The zero-order valence-electron chi connectivity index (χ0n) is 14.4. The first-order valence-electron chi connectivity index (χ1n) is 8.18. The lowest BCUT2D eigenvalue weighted by Crippen LogP contribution is -2.38. The molecule has 25 heavy (non-hydrogen) atoms. The van der Waals surface area contributed by atoms with Gasteiger partial charge in [-0.15, -0.1) is 0 Å². The van der Waals surface area contributed by atoms with E-state index in [1.54, 1.807) is 23.2 Å². The summed E-state index contributed by atoms with van der Waals surface area (Å²) in [7, 11) is 3.01. The summed E-state index contributed by atoms with van der Waals surface area (Å²) in [6, 6.07) is 5.21. The minimum Gasteiger partial charge on any atom is -0.481 e. The van der Waals surface area contributed by atoms with Crippen LogP contribution in [0.5, 0.6) is 11.8 Å². The molecule has 0 N–H and O–H groups in total. The van der Waals surface area contributed by atoms with Crippen LogP contribution in [0.2, 0.25) is 0 Å². The van der Waals surface area contributed by atoms with Crippen LogP contribution >= 0.6 is 0 Å². The van der Waals surface area contributed by atoms with Gasteiger partial charge in [0, 0.05) is 38.2 Å². The molecule has 3 heterocycles. The number of rotatable bonds is 5. The Bertz CT molecular complexity index is 705. The van der Waals surface area contributed by atoms with Crippen LogP contribution < -0.4 is 9.47 Å². The van der Waals surface area contributed by atoms with Gasteiger partial charge in [0.05, 0.1) is 26.9 Å². The van der Waals surface area contributed by atoms with E-state index in [1.807, 2.05) is 16.9 Å². The highest BCUT2D eigenvalue weighted by atomic mass is 16.5. The van der Waals surface area contributed by atoms with E-state index in [4.69, 9.17) is 14.2 Å². The fourth-order valence-corrected chi connectivity index (χ4v) is 2.83. The van der Waals surface area contributed by atoms with Crippen molar-refractivity contribution in [1.82, 2.24) is 19.7 Å². The summed E-state index contributed by atoms with van der Waals surface area (Å²) in [5.74, 6) is 0.547. The van der Waals surface area contributed by atoms with Crippen molar-refractivity contribution >= 4 is 5.91 Å². The van der Waals surface area contributed by atoms with Gasteiger partial charge in [0.15, 0.2) is 0 Å². The van der Waals surface area contributed by atoms with E-state index in [-0.39, 0.29) is 17.9 Å². The number of pyridine rings is 1. The van der Waals surface area contributed by atoms with Crippen molar-refractivity contribution in [3.63, 3.8) is 0 Å². The van der Waals surface area contributed by atoms with Crippen molar-refractivity contribution < 1.29 is 19.0 Å². The Balaban J connectivity index is 1.76. The van der Waals surface area contributed by atoms with Crippen molar-refractivity contribution in [2.45, 2.75) is 19.1 Å². The Morgan fingerprint density at radius 1 is 1.36 bits per heavy atom. The lowest BCUT2D eigenvalue weighted by atomic mass is 10.2. The van der Waals surface area contributed by atoms with Gasteiger partial charge in [-0.3, -0.25) is 9.48 Å². The van der Waals surface area contributed by atoms with Gasteiger partial charge in [-0.2, -0.15) is 10.1 Å². The van der Waals surface area contributed by atoms with E-state index >= 15 is 0 Å². The summed E-state index contributed by atoms with van der Waals surface area (Å²) in [4.78, 5) is 18.9. The minimum absolute atomic E-state index is 0.108. The Morgan fingerprint density at radius 2 is 2.24 bits per heavy atom. The first-order valence-corrected chi connectivity index (χ1v) is 8.18. The van der Waals surface area contributed by atoms with Gasteiger partial charge in [-0.1, -0.05) is 0 Å². The highest BCUT2D eigenvalue weighted by Crippen LogP contribution is 2.22. The molecule has 0 unspecified atom stereocenters. The minimum atomic E-state index is -0.122. The normalized spacial score (nSPS) is 17.8. The van der Waals surface area contributed by atoms with Gasteiger partial charge in [-0.05, 0) is 18.6 Å². The molecule has 3 rings (SSSR count). The van der Waals surface area contributed by atoms with E-state index in [2.05, 4.69) is 10.1 Å². The van der Waals surface area contributed by atoms with Crippen LogP contribution in [0.3, 0.4) is 0 Å². The number of hydrogen-bond donors (Lipinski definition) is 0. The Morgan fingerprint density at radius 3 is 2.96 bits per heavy atom. The number of amides is 1. The third-order valence-corrected chi connectivity index (χ3v) is 4.05. The lowest BCUT2D eigenvalue weighted by molar-refractivity contribution is 0.0366. The van der Waals surface area contributed by atoms with Crippen LogP contribution in [-0.2, 0) is 11.3 Å². The maximum absolute atomic E-state index is 13.0. The lowest BCUT2D eigenvalue weighted by Gasteiger charge is -2.24. The third-order valence-electron chi connectivity index (χ3n) is 4.05. The van der Waals surface area contributed by atoms with E-state index in [0.29, 0.717) is 37.7 Å².